The van der Waals surface area contributed by atoms with Crippen LogP contribution in [0, 0.1) is 6.92 Å². The van der Waals surface area contributed by atoms with Crippen LogP contribution in [0.1, 0.15) is 5.56 Å². The van der Waals surface area contributed by atoms with E-state index < -0.39 is 0 Å². The van der Waals surface area contributed by atoms with E-state index in [0.717, 1.165) is 11.3 Å². The molecule has 1 aromatic heterocycles. The van der Waals surface area contributed by atoms with Crippen LogP contribution in [0.5, 0.6) is 0 Å². The van der Waals surface area contributed by atoms with Gasteiger partial charge in [-0.3, -0.25) is 4.98 Å². The normalized spacial score (nSPS) is 10.5. The van der Waals surface area contributed by atoms with Gasteiger partial charge in [0, 0.05) is 31.5 Å². The van der Waals surface area contributed by atoms with Gasteiger partial charge in [0.25, 0.3) is 0 Å². The number of anilines is 1. The van der Waals surface area contributed by atoms with E-state index in [1.54, 1.807) is 0 Å². The molecule has 22 heavy (non-hydrogen) atoms. The zero-order chi connectivity index (χ0) is 15.5. The Morgan fingerprint density at radius 3 is 2.18 bits per heavy atom. The molecule has 0 fully saturated rings. The topological polar surface area (TPSA) is 16.1 Å². The van der Waals surface area contributed by atoms with Crippen molar-refractivity contribution in [2.45, 2.75) is 6.92 Å². The Kier molecular flexibility index (Phi) is 3.92. The summed E-state index contributed by atoms with van der Waals surface area (Å²) < 4.78 is 0. The minimum absolute atomic E-state index is 1.05. The summed E-state index contributed by atoms with van der Waals surface area (Å²) in [6.07, 6.45) is 1.88. The van der Waals surface area contributed by atoms with Crippen molar-refractivity contribution in [3.8, 4) is 22.4 Å². The molecule has 2 heteroatoms. The van der Waals surface area contributed by atoms with Crippen LogP contribution in [0.4, 0.5) is 5.69 Å². The lowest BCUT2D eigenvalue weighted by Crippen LogP contribution is -2.11. The van der Waals surface area contributed by atoms with E-state index in [0.29, 0.717) is 0 Å². The first kappa shape index (κ1) is 14.3. The van der Waals surface area contributed by atoms with Gasteiger partial charge in [-0.05, 0) is 35.7 Å². The molecule has 0 amide bonds. The summed E-state index contributed by atoms with van der Waals surface area (Å²) in [6, 6.07) is 21.1. The molecule has 0 aliphatic heterocycles. The predicted molar refractivity (Wildman–Crippen MR) is 94.2 cm³/mol. The van der Waals surface area contributed by atoms with Gasteiger partial charge in [-0.15, -0.1) is 0 Å². The summed E-state index contributed by atoms with van der Waals surface area (Å²) in [5, 5.41) is 0. The molecular formula is C20H20N2. The van der Waals surface area contributed by atoms with Gasteiger partial charge in [0.15, 0.2) is 0 Å². The number of benzene rings is 2. The number of hydrogen-bond acceptors (Lipinski definition) is 2. The highest BCUT2D eigenvalue weighted by atomic mass is 15.1. The molecule has 0 bridgehead atoms. The van der Waals surface area contributed by atoms with Crippen molar-refractivity contribution in [3.63, 3.8) is 0 Å². The Morgan fingerprint density at radius 2 is 1.45 bits per heavy atom. The van der Waals surface area contributed by atoms with Crippen LogP contribution >= 0.6 is 0 Å². The third-order valence-corrected chi connectivity index (χ3v) is 3.90. The van der Waals surface area contributed by atoms with Gasteiger partial charge >= 0.3 is 0 Å². The van der Waals surface area contributed by atoms with Crippen LogP contribution < -0.4 is 4.90 Å². The first-order valence-corrected chi connectivity index (χ1v) is 7.45. The Morgan fingerprint density at radius 1 is 0.773 bits per heavy atom. The Balaban J connectivity index is 2.09. The largest absolute Gasteiger partial charge is 0.377 e. The van der Waals surface area contributed by atoms with E-state index in [1.165, 1.54) is 22.4 Å². The fourth-order valence-electron chi connectivity index (χ4n) is 2.78. The Hall–Kier alpha value is -2.61. The first-order valence-electron chi connectivity index (χ1n) is 7.45. The maximum absolute atomic E-state index is 4.60. The maximum atomic E-state index is 4.60. The molecule has 0 aliphatic rings. The van der Waals surface area contributed by atoms with Crippen LogP contribution in [0.25, 0.3) is 22.4 Å². The van der Waals surface area contributed by atoms with Gasteiger partial charge in [0.2, 0.25) is 0 Å². The van der Waals surface area contributed by atoms with E-state index in [9.17, 15) is 0 Å². The second-order valence-electron chi connectivity index (χ2n) is 5.64. The van der Waals surface area contributed by atoms with Crippen molar-refractivity contribution in [2.24, 2.45) is 0 Å². The third-order valence-electron chi connectivity index (χ3n) is 3.90. The van der Waals surface area contributed by atoms with Gasteiger partial charge in [-0.1, -0.05) is 48.5 Å². The average molecular weight is 288 g/mol. The highest BCUT2D eigenvalue weighted by Gasteiger charge is 2.09. The molecule has 0 unspecified atom stereocenters. The zero-order valence-electron chi connectivity index (χ0n) is 13.2. The van der Waals surface area contributed by atoms with Crippen molar-refractivity contribution >= 4 is 5.69 Å². The number of rotatable bonds is 3. The minimum Gasteiger partial charge on any atom is -0.377 e. The number of hydrogen-bond donors (Lipinski definition) is 0. The van der Waals surface area contributed by atoms with Crippen LogP contribution in [0.3, 0.4) is 0 Å². The van der Waals surface area contributed by atoms with Crippen molar-refractivity contribution in [3.05, 3.63) is 72.4 Å². The standard InChI is InChI=1S/C20H20N2/c1-15-19(22(2)3)12-13-21-20(15)18-11-7-10-17(14-18)16-8-5-4-6-9-16/h4-14H,1-3H3. The quantitative estimate of drug-likeness (QED) is 0.689. The molecule has 0 N–H and O–H groups in total. The molecule has 0 spiro atoms. The molecule has 3 rings (SSSR count). The monoisotopic (exact) mass is 288 g/mol. The SMILES string of the molecule is Cc1c(N(C)C)ccnc1-c1cccc(-c2ccccc2)c1. The van der Waals surface area contributed by atoms with E-state index in [1.807, 2.05) is 12.3 Å². The summed E-state index contributed by atoms with van der Waals surface area (Å²) in [6.45, 7) is 2.13. The Labute approximate surface area is 132 Å². The molecule has 2 aromatic carbocycles. The molecule has 0 aliphatic carbocycles. The summed E-state index contributed by atoms with van der Waals surface area (Å²) in [7, 11) is 4.12. The first-order chi connectivity index (χ1) is 10.7. The van der Waals surface area contributed by atoms with E-state index >= 15 is 0 Å². The summed E-state index contributed by atoms with van der Waals surface area (Å²) in [5.74, 6) is 0. The fourth-order valence-corrected chi connectivity index (χ4v) is 2.78. The molecule has 1 heterocycles. The molecular weight excluding hydrogens is 268 g/mol. The van der Waals surface area contributed by atoms with Gasteiger partial charge in [-0.2, -0.15) is 0 Å². The third kappa shape index (κ3) is 2.73. The van der Waals surface area contributed by atoms with Crippen LogP contribution in [-0.2, 0) is 0 Å². The minimum atomic E-state index is 1.05. The lowest BCUT2D eigenvalue weighted by atomic mass is 9.99. The highest BCUT2D eigenvalue weighted by molar-refractivity contribution is 5.75. The van der Waals surface area contributed by atoms with E-state index in [-0.39, 0.29) is 0 Å². The number of pyridine rings is 1. The van der Waals surface area contributed by atoms with Gasteiger partial charge in [0.05, 0.1) is 5.69 Å². The van der Waals surface area contributed by atoms with E-state index in [4.69, 9.17) is 0 Å². The van der Waals surface area contributed by atoms with Crippen molar-refractivity contribution < 1.29 is 0 Å². The molecule has 3 aromatic rings. The van der Waals surface area contributed by atoms with Gasteiger partial charge in [0.1, 0.15) is 0 Å². The number of aromatic nitrogens is 1. The van der Waals surface area contributed by atoms with Gasteiger partial charge in [-0.25, -0.2) is 0 Å². The fraction of sp³-hybridized carbons (Fsp3) is 0.150. The second-order valence-corrected chi connectivity index (χ2v) is 5.64. The summed E-state index contributed by atoms with van der Waals surface area (Å²) in [5.41, 5.74) is 7.06. The lowest BCUT2D eigenvalue weighted by Gasteiger charge is -2.17. The zero-order valence-corrected chi connectivity index (χ0v) is 13.2. The van der Waals surface area contributed by atoms with E-state index in [2.05, 4.69) is 85.5 Å². The molecule has 2 nitrogen and oxygen atoms in total. The summed E-state index contributed by atoms with van der Waals surface area (Å²) in [4.78, 5) is 6.73. The smallest absolute Gasteiger partial charge is 0.0751 e. The van der Waals surface area contributed by atoms with Crippen molar-refractivity contribution in [2.75, 3.05) is 19.0 Å². The summed E-state index contributed by atoms with van der Waals surface area (Å²) >= 11 is 0. The average Bonchev–Trinajstić information content (AvgIpc) is 2.56. The van der Waals surface area contributed by atoms with Crippen LogP contribution in [0.2, 0.25) is 0 Å². The Bertz CT molecular complexity index is 777. The molecule has 0 atom stereocenters. The lowest BCUT2D eigenvalue weighted by molar-refractivity contribution is 1.10. The van der Waals surface area contributed by atoms with Crippen molar-refractivity contribution in [1.82, 2.24) is 4.98 Å². The maximum Gasteiger partial charge on any atom is 0.0751 e. The molecule has 0 saturated carbocycles. The second kappa shape index (κ2) is 6.02. The molecule has 0 radical (unpaired) electrons. The number of nitrogens with zero attached hydrogens (tertiary/aromatic N) is 2. The molecule has 110 valence electrons. The van der Waals surface area contributed by atoms with Gasteiger partial charge < -0.3 is 4.90 Å². The van der Waals surface area contributed by atoms with Crippen molar-refractivity contribution in [1.29, 1.82) is 0 Å². The van der Waals surface area contributed by atoms with Crippen LogP contribution in [-0.4, -0.2) is 19.1 Å². The van der Waals surface area contributed by atoms with Crippen LogP contribution in [0.15, 0.2) is 66.9 Å². The highest BCUT2D eigenvalue weighted by Crippen LogP contribution is 2.30. The molecule has 0 saturated heterocycles. The predicted octanol–water partition coefficient (Wildman–Crippen LogP) is 4.79.